The fraction of sp³-hybridized carbons (Fsp3) is 0.417. The molecule has 0 aliphatic carbocycles. The Morgan fingerprint density at radius 3 is 3.00 bits per heavy atom. The normalized spacial score (nSPS) is 12.9. The van der Waals surface area contributed by atoms with Gasteiger partial charge in [0.25, 0.3) is 0 Å². The highest BCUT2D eigenvalue weighted by Gasteiger charge is 2.07. The first kappa shape index (κ1) is 11.0. The summed E-state index contributed by atoms with van der Waals surface area (Å²) in [5, 5.41) is 0. The maximum atomic E-state index is 5.60. The Bertz CT molecular complexity index is 478. The molecular weight excluding hydrogens is 202 g/mol. The molecule has 1 aromatic carbocycles. The lowest BCUT2D eigenvalue weighted by Gasteiger charge is -2.03. The van der Waals surface area contributed by atoms with Crippen molar-refractivity contribution in [3.63, 3.8) is 0 Å². The number of aromatic amines is 1. The highest BCUT2D eigenvalue weighted by Crippen LogP contribution is 2.19. The minimum atomic E-state index is 0.447. The third-order valence-electron chi connectivity index (χ3n) is 2.68. The molecule has 2 rings (SSSR count). The zero-order valence-electron chi connectivity index (χ0n) is 9.66. The predicted octanol–water partition coefficient (Wildman–Crippen LogP) is 1.71. The molecule has 1 heterocycles. The van der Waals surface area contributed by atoms with Gasteiger partial charge in [0.05, 0.1) is 18.1 Å². The van der Waals surface area contributed by atoms with Gasteiger partial charge in [0, 0.05) is 12.5 Å². The number of methoxy groups -OCH3 is 1. The molecule has 0 aliphatic rings. The Morgan fingerprint density at radius 1 is 1.50 bits per heavy atom. The maximum absolute atomic E-state index is 5.60. The smallest absolute Gasteiger partial charge is 0.121 e. The van der Waals surface area contributed by atoms with Crippen molar-refractivity contribution in [1.29, 1.82) is 0 Å². The van der Waals surface area contributed by atoms with Gasteiger partial charge in [-0.3, -0.25) is 0 Å². The van der Waals surface area contributed by atoms with E-state index in [1.54, 1.807) is 7.11 Å². The summed E-state index contributed by atoms with van der Waals surface area (Å²) in [6.07, 6.45) is 0.882. The summed E-state index contributed by atoms with van der Waals surface area (Å²) in [7, 11) is 1.66. The second-order valence-electron chi connectivity index (χ2n) is 4.11. The van der Waals surface area contributed by atoms with Crippen molar-refractivity contribution >= 4 is 11.0 Å². The minimum absolute atomic E-state index is 0.447. The molecule has 1 unspecified atom stereocenters. The second-order valence-corrected chi connectivity index (χ2v) is 4.11. The van der Waals surface area contributed by atoms with E-state index in [0.29, 0.717) is 12.5 Å². The number of nitrogens with zero attached hydrogens (tertiary/aromatic N) is 1. The first-order chi connectivity index (χ1) is 7.72. The van der Waals surface area contributed by atoms with E-state index in [1.165, 1.54) is 0 Å². The van der Waals surface area contributed by atoms with Crippen LogP contribution >= 0.6 is 0 Å². The van der Waals surface area contributed by atoms with Crippen LogP contribution in [0.3, 0.4) is 0 Å². The van der Waals surface area contributed by atoms with Crippen molar-refractivity contribution in [3.8, 4) is 5.75 Å². The SMILES string of the molecule is COc1ccc2nc(CC(C)CN)[nH]c2c1. The molecule has 0 bridgehead atoms. The number of imidazole rings is 1. The fourth-order valence-corrected chi connectivity index (χ4v) is 1.68. The Balaban J connectivity index is 2.29. The van der Waals surface area contributed by atoms with E-state index >= 15 is 0 Å². The van der Waals surface area contributed by atoms with E-state index in [0.717, 1.165) is 29.0 Å². The summed E-state index contributed by atoms with van der Waals surface area (Å²) < 4.78 is 5.17. The predicted molar refractivity (Wildman–Crippen MR) is 64.6 cm³/mol. The van der Waals surface area contributed by atoms with Gasteiger partial charge in [-0.05, 0) is 24.6 Å². The van der Waals surface area contributed by atoms with E-state index in [1.807, 2.05) is 18.2 Å². The molecule has 86 valence electrons. The topological polar surface area (TPSA) is 63.9 Å². The number of ether oxygens (including phenoxy) is 1. The average Bonchev–Trinajstić information content (AvgIpc) is 2.69. The van der Waals surface area contributed by atoms with Crippen molar-refractivity contribution in [3.05, 3.63) is 24.0 Å². The molecule has 0 fully saturated rings. The number of rotatable bonds is 4. The summed E-state index contributed by atoms with van der Waals surface area (Å²) in [5.41, 5.74) is 7.58. The number of hydrogen-bond donors (Lipinski definition) is 2. The Hall–Kier alpha value is -1.55. The van der Waals surface area contributed by atoms with Crippen LogP contribution < -0.4 is 10.5 Å². The minimum Gasteiger partial charge on any atom is -0.497 e. The van der Waals surface area contributed by atoms with E-state index in [2.05, 4.69) is 16.9 Å². The number of hydrogen-bond acceptors (Lipinski definition) is 3. The summed E-state index contributed by atoms with van der Waals surface area (Å²) in [5.74, 6) is 2.28. The first-order valence-corrected chi connectivity index (χ1v) is 5.45. The van der Waals surface area contributed by atoms with Crippen LogP contribution in [0.4, 0.5) is 0 Å². The molecular formula is C12H17N3O. The molecule has 1 atom stereocenters. The van der Waals surface area contributed by atoms with Crippen molar-refractivity contribution in [1.82, 2.24) is 9.97 Å². The highest BCUT2D eigenvalue weighted by molar-refractivity contribution is 5.76. The van der Waals surface area contributed by atoms with Crippen LogP contribution in [0, 0.1) is 5.92 Å². The number of fused-ring (bicyclic) bond motifs is 1. The van der Waals surface area contributed by atoms with Crippen molar-refractivity contribution < 1.29 is 4.74 Å². The molecule has 16 heavy (non-hydrogen) atoms. The van der Waals surface area contributed by atoms with Crippen LogP contribution in [0.15, 0.2) is 18.2 Å². The van der Waals surface area contributed by atoms with Crippen LogP contribution in [-0.2, 0) is 6.42 Å². The molecule has 1 aromatic heterocycles. The second kappa shape index (κ2) is 4.53. The molecule has 0 spiro atoms. The van der Waals surface area contributed by atoms with Gasteiger partial charge in [-0.2, -0.15) is 0 Å². The van der Waals surface area contributed by atoms with E-state index in [9.17, 15) is 0 Å². The molecule has 0 aliphatic heterocycles. The largest absolute Gasteiger partial charge is 0.497 e. The standard InChI is InChI=1S/C12H17N3O/c1-8(7-13)5-12-14-10-4-3-9(16-2)6-11(10)15-12/h3-4,6,8H,5,7,13H2,1-2H3,(H,14,15). The van der Waals surface area contributed by atoms with Gasteiger partial charge in [-0.15, -0.1) is 0 Å². The van der Waals surface area contributed by atoms with Crippen LogP contribution in [0.25, 0.3) is 11.0 Å². The van der Waals surface area contributed by atoms with Crippen LogP contribution in [0.1, 0.15) is 12.7 Å². The molecule has 0 amide bonds. The summed E-state index contributed by atoms with van der Waals surface area (Å²) in [4.78, 5) is 7.80. The van der Waals surface area contributed by atoms with E-state index < -0.39 is 0 Å². The van der Waals surface area contributed by atoms with Crippen LogP contribution in [-0.4, -0.2) is 23.6 Å². The zero-order valence-corrected chi connectivity index (χ0v) is 9.66. The molecule has 0 saturated heterocycles. The Morgan fingerprint density at radius 2 is 2.31 bits per heavy atom. The monoisotopic (exact) mass is 219 g/mol. The molecule has 0 radical (unpaired) electrons. The number of nitrogens with two attached hydrogens (primary N) is 1. The lowest BCUT2D eigenvalue weighted by atomic mass is 10.1. The quantitative estimate of drug-likeness (QED) is 0.822. The maximum Gasteiger partial charge on any atom is 0.121 e. The van der Waals surface area contributed by atoms with Crippen molar-refractivity contribution in [2.45, 2.75) is 13.3 Å². The molecule has 0 saturated carbocycles. The summed E-state index contributed by atoms with van der Waals surface area (Å²) in [6.45, 7) is 2.80. The zero-order chi connectivity index (χ0) is 11.5. The van der Waals surface area contributed by atoms with Gasteiger partial charge in [0.15, 0.2) is 0 Å². The van der Waals surface area contributed by atoms with Crippen LogP contribution in [0.5, 0.6) is 5.75 Å². The van der Waals surface area contributed by atoms with Crippen molar-refractivity contribution in [2.75, 3.05) is 13.7 Å². The summed E-state index contributed by atoms with van der Waals surface area (Å²) >= 11 is 0. The van der Waals surface area contributed by atoms with Gasteiger partial charge in [0.1, 0.15) is 11.6 Å². The average molecular weight is 219 g/mol. The van der Waals surface area contributed by atoms with Gasteiger partial charge in [-0.25, -0.2) is 4.98 Å². The molecule has 4 nitrogen and oxygen atoms in total. The van der Waals surface area contributed by atoms with Crippen molar-refractivity contribution in [2.24, 2.45) is 11.7 Å². The molecule has 3 N–H and O–H groups in total. The van der Waals surface area contributed by atoms with Crippen LogP contribution in [0.2, 0.25) is 0 Å². The lowest BCUT2D eigenvalue weighted by molar-refractivity contribution is 0.415. The molecule has 4 heteroatoms. The van der Waals surface area contributed by atoms with E-state index in [-0.39, 0.29) is 0 Å². The third kappa shape index (κ3) is 2.17. The number of nitrogens with one attached hydrogen (secondary N) is 1. The third-order valence-corrected chi connectivity index (χ3v) is 2.68. The first-order valence-electron chi connectivity index (χ1n) is 5.45. The van der Waals surface area contributed by atoms with Gasteiger partial charge < -0.3 is 15.5 Å². The van der Waals surface area contributed by atoms with E-state index in [4.69, 9.17) is 10.5 Å². The van der Waals surface area contributed by atoms with Gasteiger partial charge in [-0.1, -0.05) is 6.92 Å². The Kier molecular flexibility index (Phi) is 3.10. The molecule has 2 aromatic rings. The van der Waals surface area contributed by atoms with Gasteiger partial charge in [0.2, 0.25) is 0 Å². The lowest BCUT2D eigenvalue weighted by Crippen LogP contribution is -2.13. The van der Waals surface area contributed by atoms with Gasteiger partial charge >= 0.3 is 0 Å². The summed E-state index contributed by atoms with van der Waals surface area (Å²) in [6, 6.07) is 5.83. The number of benzene rings is 1. The number of aromatic nitrogens is 2. The highest BCUT2D eigenvalue weighted by atomic mass is 16.5. The fourth-order valence-electron chi connectivity index (χ4n) is 1.68. The number of H-pyrrole nitrogens is 1. The Labute approximate surface area is 94.8 Å².